The summed E-state index contributed by atoms with van der Waals surface area (Å²) in [5.74, 6) is 1.41. The molecule has 0 unspecified atom stereocenters. The molecule has 0 aliphatic carbocycles. The summed E-state index contributed by atoms with van der Waals surface area (Å²) >= 11 is 0. The average Bonchev–Trinajstić information content (AvgIpc) is 2.93. The molecule has 0 spiro atoms. The summed E-state index contributed by atoms with van der Waals surface area (Å²) in [6, 6.07) is 10.7. The minimum Gasteiger partial charge on any atom is -0.493 e. The maximum absolute atomic E-state index is 14.0. The zero-order valence-electron chi connectivity index (χ0n) is 21.7. The molecule has 196 valence electrons. The van der Waals surface area contributed by atoms with Crippen LogP contribution in [0.1, 0.15) is 55.0 Å². The van der Waals surface area contributed by atoms with E-state index in [1.54, 1.807) is 6.07 Å². The first-order valence-electron chi connectivity index (χ1n) is 13.4. The first-order chi connectivity index (χ1) is 18.0. The van der Waals surface area contributed by atoms with Crippen LogP contribution in [-0.4, -0.2) is 42.2 Å². The fourth-order valence-electron chi connectivity index (χ4n) is 5.16. The SMILES string of the molecule is CCCCOc1c(C)c(COc2ccc3c(c2)CN(C(=O)C2CCOCC2)CC3)nc2ccc(F)cc12. The second-order valence-corrected chi connectivity index (χ2v) is 9.99. The third-order valence-corrected chi connectivity index (χ3v) is 7.42. The van der Waals surface area contributed by atoms with Crippen molar-refractivity contribution in [3.63, 3.8) is 0 Å². The van der Waals surface area contributed by atoms with Crippen LogP contribution >= 0.6 is 0 Å². The van der Waals surface area contributed by atoms with Gasteiger partial charge in [0.2, 0.25) is 5.91 Å². The molecule has 0 N–H and O–H groups in total. The van der Waals surface area contributed by atoms with Gasteiger partial charge in [0.25, 0.3) is 0 Å². The maximum atomic E-state index is 14.0. The highest BCUT2D eigenvalue weighted by Gasteiger charge is 2.29. The van der Waals surface area contributed by atoms with E-state index in [2.05, 4.69) is 13.0 Å². The Morgan fingerprint density at radius 1 is 1.14 bits per heavy atom. The third-order valence-electron chi connectivity index (χ3n) is 7.42. The summed E-state index contributed by atoms with van der Waals surface area (Å²) in [5, 5.41) is 0.681. The number of hydrogen-bond donors (Lipinski definition) is 0. The smallest absolute Gasteiger partial charge is 0.226 e. The van der Waals surface area contributed by atoms with Crippen LogP contribution in [-0.2, 0) is 29.1 Å². The summed E-state index contributed by atoms with van der Waals surface area (Å²) < 4.78 is 31.7. The summed E-state index contributed by atoms with van der Waals surface area (Å²) in [7, 11) is 0. The van der Waals surface area contributed by atoms with E-state index < -0.39 is 0 Å². The van der Waals surface area contributed by atoms with Crippen LogP contribution in [0, 0.1) is 18.7 Å². The number of carbonyl (C=O) groups excluding carboxylic acids is 1. The molecule has 1 fully saturated rings. The number of pyridine rings is 1. The largest absolute Gasteiger partial charge is 0.493 e. The number of carbonyl (C=O) groups is 1. The van der Waals surface area contributed by atoms with E-state index in [1.165, 1.54) is 17.7 Å². The third kappa shape index (κ3) is 5.72. The van der Waals surface area contributed by atoms with Crippen molar-refractivity contribution in [3.8, 4) is 11.5 Å². The Balaban J connectivity index is 1.32. The Morgan fingerprint density at radius 2 is 1.97 bits per heavy atom. The number of amides is 1. The van der Waals surface area contributed by atoms with Gasteiger partial charge < -0.3 is 19.1 Å². The second kappa shape index (κ2) is 11.5. The van der Waals surface area contributed by atoms with Crippen molar-refractivity contribution in [2.45, 2.75) is 59.1 Å². The fraction of sp³-hybridized carbons (Fsp3) is 0.467. The van der Waals surface area contributed by atoms with Gasteiger partial charge in [-0.05, 0) is 74.1 Å². The average molecular weight is 507 g/mol. The summed E-state index contributed by atoms with van der Waals surface area (Å²) in [5.41, 5.74) is 4.70. The molecule has 1 aromatic heterocycles. The molecule has 0 atom stereocenters. The Bertz CT molecular complexity index is 1270. The van der Waals surface area contributed by atoms with E-state index >= 15 is 0 Å². The van der Waals surface area contributed by atoms with E-state index in [0.29, 0.717) is 43.0 Å². The van der Waals surface area contributed by atoms with E-state index in [0.717, 1.165) is 61.2 Å². The van der Waals surface area contributed by atoms with Crippen LogP contribution in [0.3, 0.4) is 0 Å². The van der Waals surface area contributed by atoms with E-state index in [4.69, 9.17) is 19.2 Å². The lowest BCUT2D eigenvalue weighted by molar-refractivity contribution is -0.139. The number of ether oxygens (including phenoxy) is 3. The maximum Gasteiger partial charge on any atom is 0.226 e. The first-order valence-corrected chi connectivity index (χ1v) is 13.4. The number of hydrogen-bond acceptors (Lipinski definition) is 5. The van der Waals surface area contributed by atoms with Crippen LogP contribution in [0.25, 0.3) is 10.9 Å². The molecule has 3 aromatic rings. The molecular formula is C30H35FN2O4. The number of nitrogens with zero attached hydrogens (tertiary/aromatic N) is 2. The Labute approximate surface area is 217 Å². The highest BCUT2D eigenvalue weighted by molar-refractivity contribution is 5.86. The predicted molar refractivity (Wildman–Crippen MR) is 140 cm³/mol. The van der Waals surface area contributed by atoms with Crippen molar-refractivity contribution >= 4 is 16.8 Å². The van der Waals surface area contributed by atoms with Crippen molar-refractivity contribution in [2.75, 3.05) is 26.4 Å². The molecule has 1 saturated heterocycles. The van der Waals surface area contributed by atoms with E-state index in [1.807, 2.05) is 24.0 Å². The lowest BCUT2D eigenvalue weighted by Crippen LogP contribution is -2.41. The van der Waals surface area contributed by atoms with Crippen molar-refractivity contribution in [1.29, 1.82) is 0 Å². The minimum absolute atomic E-state index is 0.0684. The lowest BCUT2D eigenvalue weighted by atomic mass is 9.95. The molecule has 1 amide bonds. The van der Waals surface area contributed by atoms with Gasteiger partial charge in [-0.2, -0.15) is 0 Å². The lowest BCUT2D eigenvalue weighted by Gasteiger charge is -2.33. The van der Waals surface area contributed by atoms with E-state index in [9.17, 15) is 9.18 Å². The molecule has 0 bridgehead atoms. The van der Waals surface area contributed by atoms with Gasteiger partial charge in [0.05, 0.1) is 17.8 Å². The van der Waals surface area contributed by atoms with Gasteiger partial charge in [0.1, 0.15) is 23.9 Å². The predicted octanol–water partition coefficient (Wildman–Crippen LogP) is 5.75. The first kappa shape index (κ1) is 25.5. The normalized spacial score (nSPS) is 16.0. The highest BCUT2D eigenvalue weighted by Crippen LogP contribution is 2.32. The molecular weight excluding hydrogens is 471 g/mol. The molecule has 6 nitrogen and oxygen atoms in total. The molecule has 5 rings (SSSR count). The quantitative estimate of drug-likeness (QED) is 0.364. The molecule has 2 aliphatic rings. The number of rotatable bonds is 8. The molecule has 37 heavy (non-hydrogen) atoms. The second-order valence-electron chi connectivity index (χ2n) is 9.99. The zero-order chi connectivity index (χ0) is 25.8. The van der Waals surface area contributed by atoms with Crippen LogP contribution in [0.15, 0.2) is 36.4 Å². The summed E-state index contributed by atoms with van der Waals surface area (Å²) in [6.45, 7) is 7.60. The van der Waals surface area contributed by atoms with Crippen molar-refractivity contribution < 1.29 is 23.4 Å². The van der Waals surface area contributed by atoms with Crippen molar-refractivity contribution in [1.82, 2.24) is 9.88 Å². The van der Waals surface area contributed by atoms with Gasteiger partial charge in [-0.1, -0.05) is 19.4 Å². The van der Waals surface area contributed by atoms with Gasteiger partial charge >= 0.3 is 0 Å². The number of halogens is 1. The van der Waals surface area contributed by atoms with Gasteiger partial charge in [-0.15, -0.1) is 0 Å². The standard InChI is InChI=1S/C30H35FN2O4/c1-3-4-13-36-29-20(2)28(32-27-8-6-24(31)17-26(27)29)19-37-25-7-5-21-9-12-33(18-23(21)16-25)30(34)22-10-14-35-15-11-22/h5-8,16-17,22H,3-4,9-15,18-19H2,1-2H3. The monoisotopic (exact) mass is 506 g/mol. The van der Waals surface area contributed by atoms with Gasteiger partial charge in [-0.3, -0.25) is 4.79 Å². The zero-order valence-corrected chi connectivity index (χ0v) is 21.7. The van der Waals surface area contributed by atoms with Gasteiger partial charge in [0, 0.05) is 43.2 Å². The van der Waals surface area contributed by atoms with E-state index in [-0.39, 0.29) is 24.2 Å². The molecule has 2 aliphatic heterocycles. The summed E-state index contributed by atoms with van der Waals surface area (Å²) in [4.78, 5) is 19.8. The van der Waals surface area contributed by atoms with Crippen LogP contribution in [0.5, 0.6) is 11.5 Å². The molecule has 7 heteroatoms. The fourth-order valence-corrected chi connectivity index (χ4v) is 5.16. The highest BCUT2D eigenvalue weighted by atomic mass is 19.1. The minimum atomic E-state index is -0.309. The van der Waals surface area contributed by atoms with Gasteiger partial charge in [0.15, 0.2) is 0 Å². The number of fused-ring (bicyclic) bond motifs is 2. The summed E-state index contributed by atoms with van der Waals surface area (Å²) in [6.07, 6.45) is 4.40. The van der Waals surface area contributed by atoms with Crippen LogP contribution in [0.2, 0.25) is 0 Å². The Hall–Kier alpha value is -3.19. The Morgan fingerprint density at radius 3 is 2.78 bits per heavy atom. The Kier molecular flexibility index (Phi) is 7.89. The van der Waals surface area contributed by atoms with Crippen LogP contribution in [0.4, 0.5) is 4.39 Å². The number of aromatic nitrogens is 1. The van der Waals surface area contributed by atoms with Crippen LogP contribution < -0.4 is 9.47 Å². The topological polar surface area (TPSA) is 60.9 Å². The molecule has 0 radical (unpaired) electrons. The molecule has 0 saturated carbocycles. The van der Waals surface area contributed by atoms with Crippen molar-refractivity contribution in [3.05, 3.63) is 64.6 Å². The molecule has 2 aromatic carbocycles. The number of benzene rings is 2. The number of unbranched alkanes of at least 4 members (excludes halogenated alkanes) is 1. The van der Waals surface area contributed by atoms with Crippen molar-refractivity contribution in [2.24, 2.45) is 5.92 Å². The van der Waals surface area contributed by atoms with Gasteiger partial charge in [-0.25, -0.2) is 9.37 Å². The molecule has 3 heterocycles.